The minimum atomic E-state index is -0.223. The number of halogens is 1. The highest BCUT2D eigenvalue weighted by Crippen LogP contribution is 2.35. The molecule has 116 valence electrons. The largest absolute Gasteiger partial charge is 0.365 e. The molecule has 7 heteroatoms. The second-order valence-electron chi connectivity index (χ2n) is 5.39. The molecule has 0 amide bonds. The minimum Gasteiger partial charge on any atom is -0.365 e. The van der Waals surface area contributed by atoms with Crippen molar-refractivity contribution in [2.75, 3.05) is 12.4 Å². The molecule has 0 fully saturated rings. The Morgan fingerprint density at radius 3 is 2.78 bits per heavy atom. The number of H-pyrrole nitrogens is 1. The molecule has 0 aliphatic heterocycles. The van der Waals surface area contributed by atoms with Crippen LogP contribution in [0.3, 0.4) is 0 Å². The number of anilines is 1. The summed E-state index contributed by atoms with van der Waals surface area (Å²) >= 11 is 1.48. The number of nitrogens with one attached hydrogen (secondary N) is 2. The molecular weight excluding hydrogens is 313 g/mol. The SMILES string of the molecule is CNc1nc2ccc(-c3c(C)c(F)c(C)c4[nH]ncc34)nc2s1. The van der Waals surface area contributed by atoms with Crippen molar-refractivity contribution in [3.8, 4) is 11.3 Å². The van der Waals surface area contributed by atoms with Crippen LogP contribution in [0, 0.1) is 19.7 Å². The van der Waals surface area contributed by atoms with Crippen molar-refractivity contribution >= 4 is 37.7 Å². The van der Waals surface area contributed by atoms with Crippen LogP contribution in [0.5, 0.6) is 0 Å². The van der Waals surface area contributed by atoms with E-state index in [1.165, 1.54) is 11.3 Å². The maximum atomic E-state index is 14.6. The molecule has 0 atom stereocenters. The van der Waals surface area contributed by atoms with Crippen LogP contribution in [-0.4, -0.2) is 27.2 Å². The number of hydrogen-bond donors (Lipinski definition) is 2. The Morgan fingerprint density at radius 2 is 2.00 bits per heavy atom. The van der Waals surface area contributed by atoms with Crippen LogP contribution < -0.4 is 5.32 Å². The number of benzene rings is 1. The van der Waals surface area contributed by atoms with E-state index < -0.39 is 0 Å². The number of aromatic amines is 1. The van der Waals surface area contributed by atoms with E-state index in [0.29, 0.717) is 16.6 Å². The molecule has 5 nitrogen and oxygen atoms in total. The molecule has 2 N–H and O–H groups in total. The van der Waals surface area contributed by atoms with Gasteiger partial charge in [0.15, 0.2) is 5.13 Å². The lowest BCUT2D eigenvalue weighted by Gasteiger charge is -2.10. The van der Waals surface area contributed by atoms with E-state index in [4.69, 9.17) is 0 Å². The van der Waals surface area contributed by atoms with E-state index in [-0.39, 0.29) is 5.82 Å². The Kier molecular flexibility index (Phi) is 3.05. The Hall–Kier alpha value is -2.54. The molecule has 0 radical (unpaired) electrons. The highest BCUT2D eigenvalue weighted by molar-refractivity contribution is 7.21. The Labute approximate surface area is 135 Å². The normalized spacial score (nSPS) is 11.5. The quantitative estimate of drug-likeness (QED) is 0.583. The third kappa shape index (κ3) is 2.00. The smallest absolute Gasteiger partial charge is 0.185 e. The molecular formula is C16H14FN5S. The van der Waals surface area contributed by atoms with Crippen LogP contribution in [0.1, 0.15) is 11.1 Å². The monoisotopic (exact) mass is 327 g/mol. The third-order valence-electron chi connectivity index (χ3n) is 4.04. The van der Waals surface area contributed by atoms with Gasteiger partial charge in [0, 0.05) is 23.6 Å². The van der Waals surface area contributed by atoms with Gasteiger partial charge in [0.2, 0.25) is 0 Å². The van der Waals surface area contributed by atoms with Crippen LogP contribution >= 0.6 is 11.3 Å². The van der Waals surface area contributed by atoms with E-state index >= 15 is 0 Å². The molecule has 0 spiro atoms. The maximum Gasteiger partial charge on any atom is 0.185 e. The van der Waals surface area contributed by atoms with E-state index in [1.54, 1.807) is 20.0 Å². The van der Waals surface area contributed by atoms with Crippen LogP contribution in [0.25, 0.3) is 32.5 Å². The van der Waals surface area contributed by atoms with Crippen molar-refractivity contribution in [1.82, 2.24) is 20.2 Å². The van der Waals surface area contributed by atoms with Gasteiger partial charge in [0.25, 0.3) is 0 Å². The van der Waals surface area contributed by atoms with Gasteiger partial charge < -0.3 is 5.32 Å². The summed E-state index contributed by atoms with van der Waals surface area (Å²) in [6.07, 6.45) is 1.72. The molecule has 0 aliphatic rings. The predicted octanol–water partition coefficient (Wildman–Crippen LogP) is 4.03. The topological polar surface area (TPSA) is 66.5 Å². The zero-order chi connectivity index (χ0) is 16.1. The number of thiazole rings is 1. The van der Waals surface area contributed by atoms with Gasteiger partial charge in [0.05, 0.1) is 17.4 Å². The van der Waals surface area contributed by atoms with Crippen molar-refractivity contribution in [3.05, 3.63) is 35.3 Å². The number of aryl methyl sites for hydroxylation is 1. The maximum absolute atomic E-state index is 14.6. The van der Waals surface area contributed by atoms with Crippen molar-refractivity contribution in [1.29, 1.82) is 0 Å². The summed E-state index contributed by atoms with van der Waals surface area (Å²) in [5.41, 5.74) is 4.21. The highest BCUT2D eigenvalue weighted by Gasteiger charge is 2.18. The number of fused-ring (bicyclic) bond motifs is 2. The molecule has 0 bridgehead atoms. The summed E-state index contributed by atoms with van der Waals surface area (Å²) in [4.78, 5) is 9.93. The third-order valence-corrected chi connectivity index (χ3v) is 5.03. The first kappa shape index (κ1) is 14.1. The number of rotatable bonds is 2. The first-order valence-corrected chi connectivity index (χ1v) is 7.99. The van der Waals surface area contributed by atoms with Crippen LogP contribution in [0.2, 0.25) is 0 Å². The summed E-state index contributed by atoms with van der Waals surface area (Å²) in [5, 5.41) is 11.7. The van der Waals surface area contributed by atoms with Gasteiger partial charge in [-0.1, -0.05) is 11.3 Å². The highest BCUT2D eigenvalue weighted by atomic mass is 32.1. The van der Waals surface area contributed by atoms with E-state index in [1.807, 2.05) is 19.2 Å². The van der Waals surface area contributed by atoms with E-state index in [9.17, 15) is 4.39 Å². The van der Waals surface area contributed by atoms with Gasteiger partial charge in [-0.3, -0.25) is 5.10 Å². The first-order chi connectivity index (χ1) is 11.1. The number of pyridine rings is 1. The van der Waals surface area contributed by atoms with E-state index in [2.05, 4.69) is 25.5 Å². The van der Waals surface area contributed by atoms with Gasteiger partial charge in [-0.15, -0.1) is 0 Å². The van der Waals surface area contributed by atoms with Gasteiger partial charge >= 0.3 is 0 Å². The summed E-state index contributed by atoms with van der Waals surface area (Å²) in [5.74, 6) is -0.223. The van der Waals surface area contributed by atoms with Crippen LogP contribution in [-0.2, 0) is 0 Å². The molecule has 0 unspecified atom stereocenters. The average Bonchev–Trinajstić information content (AvgIpc) is 3.18. The lowest BCUT2D eigenvalue weighted by molar-refractivity contribution is 0.612. The molecule has 3 aromatic heterocycles. The molecule has 23 heavy (non-hydrogen) atoms. The molecule has 4 rings (SSSR count). The Bertz CT molecular complexity index is 1050. The molecule has 3 heterocycles. The van der Waals surface area contributed by atoms with Crippen LogP contribution in [0.4, 0.5) is 9.52 Å². The number of aromatic nitrogens is 4. The molecule has 0 aliphatic carbocycles. The van der Waals surface area contributed by atoms with Crippen molar-refractivity contribution < 1.29 is 4.39 Å². The van der Waals surface area contributed by atoms with Crippen molar-refractivity contribution in [2.45, 2.75) is 13.8 Å². The minimum absolute atomic E-state index is 0.223. The average molecular weight is 327 g/mol. The van der Waals surface area contributed by atoms with E-state index in [0.717, 1.165) is 32.1 Å². The van der Waals surface area contributed by atoms with Gasteiger partial charge in [-0.2, -0.15) is 5.10 Å². The fraction of sp³-hybridized carbons (Fsp3) is 0.188. The fourth-order valence-corrected chi connectivity index (χ4v) is 3.65. The first-order valence-electron chi connectivity index (χ1n) is 7.17. The van der Waals surface area contributed by atoms with Crippen LogP contribution in [0.15, 0.2) is 18.3 Å². The lowest BCUT2D eigenvalue weighted by Crippen LogP contribution is -1.96. The summed E-state index contributed by atoms with van der Waals surface area (Å²) in [7, 11) is 1.83. The van der Waals surface area contributed by atoms with Gasteiger partial charge in [0.1, 0.15) is 16.2 Å². The van der Waals surface area contributed by atoms with Crippen molar-refractivity contribution in [2.24, 2.45) is 0 Å². The zero-order valence-electron chi connectivity index (χ0n) is 12.9. The summed E-state index contributed by atoms with van der Waals surface area (Å²) in [6, 6.07) is 3.79. The summed E-state index contributed by atoms with van der Waals surface area (Å²) < 4.78 is 14.6. The Balaban J connectivity index is 2.03. The molecule has 4 aromatic rings. The standard InChI is InChI=1S/C16H14FN5S/c1-7-12(9-6-19-22-14(9)8(2)13(7)17)10-4-5-11-15(20-10)23-16(18-3)21-11/h4-6H,1-3H3,(H,18,21)(H,19,22). The second-order valence-corrected chi connectivity index (χ2v) is 6.36. The number of hydrogen-bond acceptors (Lipinski definition) is 5. The molecule has 0 saturated heterocycles. The zero-order valence-corrected chi connectivity index (χ0v) is 13.7. The molecule has 1 aromatic carbocycles. The van der Waals surface area contributed by atoms with Crippen molar-refractivity contribution in [3.63, 3.8) is 0 Å². The summed E-state index contributed by atoms with van der Waals surface area (Å²) in [6.45, 7) is 3.54. The van der Waals surface area contributed by atoms with Gasteiger partial charge in [-0.05, 0) is 31.5 Å². The van der Waals surface area contributed by atoms with Gasteiger partial charge in [-0.25, -0.2) is 14.4 Å². The predicted molar refractivity (Wildman–Crippen MR) is 91.5 cm³/mol. The molecule has 0 saturated carbocycles. The Morgan fingerprint density at radius 1 is 1.17 bits per heavy atom. The lowest BCUT2D eigenvalue weighted by atomic mass is 9.97. The second kappa shape index (κ2) is 4.99. The number of nitrogens with zero attached hydrogens (tertiary/aromatic N) is 3. The fourth-order valence-electron chi connectivity index (χ4n) is 2.86.